The Kier molecular flexibility index (Phi) is 9.82. The number of rotatable bonds is 2. The van der Waals surface area contributed by atoms with Gasteiger partial charge < -0.3 is 34.3 Å². The number of aliphatic hydroxyl groups is 3. The zero-order chi connectivity index (χ0) is 32.0. The predicted octanol–water partition coefficient (Wildman–Crippen LogP) is 5.09. The van der Waals surface area contributed by atoms with Crippen molar-refractivity contribution >= 4 is 5.97 Å². The lowest BCUT2D eigenvalue weighted by atomic mass is 9.71. The van der Waals surface area contributed by atoms with Crippen LogP contribution in [0.25, 0.3) is 0 Å². The molecule has 8 nitrogen and oxygen atoms in total. The van der Waals surface area contributed by atoms with Crippen LogP contribution in [0.2, 0.25) is 0 Å². The molecular formula is C36H52O8. The Morgan fingerprint density at radius 3 is 2.59 bits per heavy atom. The van der Waals surface area contributed by atoms with E-state index in [9.17, 15) is 20.1 Å². The second kappa shape index (κ2) is 13.0. The largest absolute Gasteiger partial charge is 0.462 e. The number of carbonyl (C=O) groups is 1. The maximum Gasteiger partial charge on any atom is 0.316 e. The summed E-state index contributed by atoms with van der Waals surface area (Å²) in [5, 5.41) is 34.6. The number of ether oxygens (including phenoxy) is 4. The van der Waals surface area contributed by atoms with Gasteiger partial charge in [0.1, 0.15) is 35.9 Å². The quantitative estimate of drug-likeness (QED) is 0.292. The van der Waals surface area contributed by atoms with E-state index in [2.05, 4.69) is 59.8 Å². The van der Waals surface area contributed by atoms with E-state index in [1.165, 1.54) is 5.57 Å². The molecule has 3 saturated heterocycles. The highest BCUT2D eigenvalue weighted by Crippen LogP contribution is 2.47. The average Bonchev–Trinajstić information content (AvgIpc) is 3.27. The van der Waals surface area contributed by atoms with Crippen molar-refractivity contribution < 1.29 is 39.1 Å². The van der Waals surface area contributed by atoms with Crippen LogP contribution in [0.4, 0.5) is 0 Å². The molecule has 4 heterocycles. The summed E-state index contributed by atoms with van der Waals surface area (Å²) in [4.78, 5) is 14.0. The number of fused-ring (bicyclic) bond motifs is 2. The molecule has 3 N–H and O–H groups in total. The van der Waals surface area contributed by atoms with Gasteiger partial charge in [-0.1, -0.05) is 69.7 Å². The van der Waals surface area contributed by atoms with Gasteiger partial charge in [0.05, 0.1) is 18.8 Å². The number of hydrogen-bond acceptors (Lipinski definition) is 8. The molecule has 0 amide bonds. The summed E-state index contributed by atoms with van der Waals surface area (Å²) < 4.78 is 25.6. The first-order valence-corrected chi connectivity index (χ1v) is 16.4. The Labute approximate surface area is 262 Å². The number of hydrogen-bond donors (Lipinski definition) is 3. The van der Waals surface area contributed by atoms with Crippen LogP contribution in [-0.4, -0.2) is 75.9 Å². The number of allylic oxidation sites excluding steroid dienone is 5. The zero-order valence-corrected chi connectivity index (χ0v) is 27.4. The fraction of sp³-hybridized carbons (Fsp3) is 0.694. The van der Waals surface area contributed by atoms with Crippen molar-refractivity contribution in [1.82, 2.24) is 0 Å². The average molecular weight is 613 g/mol. The summed E-state index contributed by atoms with van der Waals surface area (Å²) in [6.07, 6.45) is 10.2. The Bertz CT molecular complexity index is 1240. The summed E-state index contributed by atoms with van der Waals surface area (Å²) in [7, 11) is 0. The molecule has 1 aliphatic carbocycles. The maximum absolute atomic E-state index is 14.0. The first kappa shape index (κ1) is 33.3. The predicted molar refractivity (Wildman–Crippen MR) is 167 cm³/mol. The second-order valence-electron chi connectivity index (χ2n) is 14.4. The van der Waals surface area contributed by atoms with Crippen LogP contribution < -0.4 is 0 Å². The van der Waals surface area contributed by atoms with Crippen LogP contribution >= 0.6 is 0 Å². The molecule has 8 heteroatoms. The van der Waals surface area contributed by atoms with E-state index in [0.29, 0.717) is 36.3 Å². The highest BCUT2D eigenvalue weighted by atomic mass is 16.7. The molecule has 1 spiro atoms. The van der Waals surface area contributed by atoms with Gasteiger partial charge in [0, 0.05) is 12.8 Å². The van der Waals surface area contributed by atoms with E-state index >= 15 is 0 Å². The van der Waals surface area contributed by atoms with E-state index in [1.54, 1.807) is 13.0 Å². The Balaban J connectivity index is 1.53. The van der Waals surface area contributed by atoms with Crippen molar-refractivity contribution in [3.05, 3.63) is 58.7 Å². The number of carbonyl (C=O) groups excluding carboxylic acids is 1. The monoisotopic (exact) mass is 612 g/mol. The van der Waals surface area contributed by atoms with Gasteiger partial charge >= 0.3 is 5.97 Å². The van der Waals surface area contributed by atoms with Crippen LogP contribution in [-0.2, 0) is 23.7 Å². The van der Waals surface area contributed by atoms with E-state index in [0.717, 1.165) is 12.0 Å². The zero-order valence-electron chi connectivity index (χ0n) is 27.4. The molecule has 2 bridgehead atoms. The van der Waals surface area contributed by atoms with Crippen LogP contribution in [0, 0.1) is 23.7 Å². The van der Waals surface area contributed by atoms with Gasteiger partial charge in [-0.25, -0.2) is 0 Å². The third kappa shape index (κ3) is 6.44. The smallest absolute Gasteiger partial charge is 0.316 e. The van der Waals surface area contributed by atoms with Crippen molar-refractivity contribution in [2.45, 2.75) is 129 Å². The van der Waals surface area contributed by atoms with Gasteiger partial charge in [0.15, 0.2) is 5.79 Å². The molecule has 3 fully saturated rings. The molecule has 0 aromatic rings. The van der Waals surface area contributed by atoms with E-state index < -0.39 is 47.7 Å². The summed E-state index contributed by atoms with van der Waals surface area (Å²) in [6.45, 7) is 14.5. The molecule has 244 valence electrons. The molecule has 4 aliphatic heterocycles. The fourth-order valence-corrected chi connectivity index (χ4v) is 7.89. The summed E-state index contributed by atoms with van der Waals surface area (Å²) in [6, 6.07) is 0. The molecule has 0 saturated carbocycles. The van der Waals surface area contributed by atoms with E-state index in [4.69, 9.17) is 18.9 Å². The third-order valence-corrected chi connectivity index (χ3v) is 10.1. The van der Waals surface area contributed by atoms with Crippen molar-refractivity contribution in [2.24, 2.45) is 23.7 Å². The van der Waals surface area contributed by atoms with E-state index in [1.807, 2.05) is 12.2 Å². The highest BCUT2D eigenvalue weighted by Gasteiger charge is 2.60. The Morgan fingerprint density at radius 2 is 1.86 bits per heavy atom. The minimum Gasteiger partial charge on any atom is -0.462 e. The lowest BCUT2D eigenvalue weighted by Crippen LogP contribution is -2.62. The lowest BCUT2D eigenvalue weighted by molar-refractivity contribution is -0.363. The van der Waals surface area contributed by atoms with Crippen molar-refractivity contribution in [2.75, 3.05) is 6.61 Å². The summed E-state index contributed by atoms with van der Waals surface area (Å²) in [5.41, 5.74) is 1.65. The Morgan fingerprint density at radius 1 is 1.11 bits per heavy atom. The summed E-state index contributed by atoms with van der Waals surface area (Å²) >= 11 is 0. The van der Waals surface area contributed by atoms with Crippen molar-refractivity contribution in [3.63, 3.8) is 0 Å². The van der Waals surface area contributed by atoms with Gasteiger partial charge in [-0.3, -0.25) is 4.79 Å². The van der Waals surface area contributed by atoms with Crippen molar-refractivity contribution in [1.29, 1.82) is 0 Å². The summed E-state index contributed by atoms with van der Waals surface area (Å²) in [5.74, 6) is -2.34. The van der Waals surface area contributed by atoms with Crippen LogP contribution in [0.5, 0.6) is 0 Å². The van der Waals surface area contributed by atoms with Crippen LogP contribution in [0.3, 0.4) is 0 Å². The minimum absolute atomic E-state index is 0.0818. The normalized spacial score (nSPS) is 46.8. The standard InChI is InChI=1S/C36H52O8/c1-20(2)13-24(6)32-25(7)16-30(37)35(44-32)18-28-17-27(43-35)12-11-22(4)14-21(3)9-8-10-26-19-41-33-31(38)23(5)15-29(34(39)42-28)36(26,33)40/h8-11,13,15,20-21,25,27-33,37-38,40H,12,14,16-19H2,1-7H3/b9-8+,22-11+,24-13+,26-10+/t21-,25-,27+,28-,29-,30?,31+,32?,33?,35-,36+/m0/s1. The molecule has 11 atom stereocenters. The second-order valence-corrected chi connectivity index (χ2v) is 14.4. The number of esters is 1. The van der Waals surface area contributed by atoms with Crippen molar-refractivity contribution in [3.8, 4) is 0 Å². The highest BCUT2D eigenvalue weighted by molar-refractivity contribution is 5.78. The molecule has 5 aliphatic rings. The van der Waals surface area contributed by atoms with Gasteiger partial charge in [0.2, 0.25) is 0 Å². The van der Waals surface area contributed by atoms with Gasteiger partial charge in [-0.15, -0.1) is 0 Å². The van der Waals surface area contributed by atoms with Gasteiger partial charge in [-0.05, 0) is 74.5 Å². The topological polar surface area (TPSA) is 115 Å². The molecule has 0 radical (unpaired) electrons. The molecule has 0 aromatic heterocycles. The molecule has 3 unspecified atom stereocenters. The van der Waals surface area contributed by atoms with E-state index in [-0.39, 0.29) is 37.1 Å². The molecule has 0 aromatic carbocycles. The third-order valence-electron chi connectivity index (χ3n) is 10.1. The van der Waals surface area contributed by atoms with Crippen LogP contribution in [0.15, 0.2) is 58.7 Å². The van der Waals surface area contributed by atoms with Gasteiger partial charge in [0.25, 0.3) is 0 Å². The molecular weight excluding hydrogens is 560 g/mol. The van der Waals surface area contributed by atoms with Crippen LogP contribution in [0.1, 0.15) is 80.6 Å². The first-order chi connectivity index (χ1) is 20.7. The van der Waals surface area contributed by atoms with Gasteiger partial charge in [-0.2, -0.15) is 0 Å². The fourth-order valence-electron chi connectivity index (χ4n) is 7.89. The lowest BCUT2D eigenvalue weighted by Gasteiger charge is -2.52. The molecule has 44 heavy (non-hydrogen) atoms. The molecule has 5 rings (SSSR count). The first-order valence-electron chi connectivity index (χ1n) is 16.4. The minimum atomic E-state index is -1.75. The SMILES string of the molecule is CC1=C[C@H]2C(=O)O[C@H]3C[C@@H](C/C=C(\C)C[C@@H](C)/C=C/C=C4\COC([C@@H]1O)[C@@]42O)O[C@@]1(C3)OC(/C(C)=C/C(C)C)[C@@H](C)CC1O. The number of aliphatic hydroxyl groups excluding tert-OH is 2. The maximum atomic E-state index is 14.0. The Hall–Kier alpha value is -2.07.